The Bertz CT molecular complexity index is 1450. The molecule has 0 amide bonds. The van der Waals surface area contributed by atoms with Gasteiger partial charge in [0.1, 0.15) is 11.6 Å². The van der Waals surface area contributed by atoms with Crippen molar-refractivity contribution in [1.82, 2.24) is 25.3 Å². The lowest BCUT2D eigenvalue weighted by Gasteiger charge is -2.22. The van der Waals surface area contributed by atoms with Gasteiger partial charge in [-0.25, -0.2) is 28.1 Å². The molecule has 6 rings (SSSR count). The van der Waals surface area contributed by atoms with Gasteiger partial charge in [0.2, 0.25) is 0 Å². The predicted molar refractivity (Wildman–Crippen MR) is 122 cm³/mol. The van der Waals surface area contributed by atoms with Crippen LogP contribution in [0.15, 0.2) is 55.0 Å². The van der Waals surface area contributed by atoms with Gasteiger partial charge in [0, 0.05) is 55.6 Å². The first kappa shape index (κ1) is 21.6. The minimum absolute atomic E-state index is 0.0437. The van der Waals surface area contributed by atoms with Gasteiger partial charge in [-0.05, 0) is 18.1 Å². The summed E-state index contributed by atoms with van der Waals surface area (Å²) in [5, 5.41) is 3.30. The molecule has 3 atom stereocenters. The molecule has 2 aromatic carbocycles. The van der Waals surface area contributed by atoms with Crippen molar-refractivity contribution >= 4 is 22.6 Å². The Morgan fingerprint density at radius 2 is 1.71 bits per heavy atom. The van der Waals surface area contributed by atoms with Gasteiger partial charge in [0.25, 0.3) is 0 Å². The molecule has 1 N–H and O–H groups in total. The highest BCUT2D eigenvalue weighted by Gasteiger charge is 2.46. The standard InChI is InChI=1S/C25H19F3N6O/c26-16-4-1-3-14(22(16)25-29-5-2-6-30-25)24(35)23-15-12-34(11-13(15)9-32-23)21-10-31-19-7-17(27)18(28)8-20(19)33-21/h1-8,10,13,15,23,32H,9,11-12H2. The fourth-order valence-electron chi connectivity index (χ4n) is 5.10. The van der Waals surface area contributed by atoms with E-state index in [4.69, 9.17) is 0 Å². The Morgan fingerprint density at radius 3 is 2.51 bits per heavy atom. The van der Waals surface area contributed by atoms with Crippen molar-refractivity contribution in [2.24, 2.45) is 11.8 Å². The number of hydrogen-bond donors (Lipinski definition) is 1. The van der Waals surface area contributed by atoms with Crippen molar-refractivity contribution in [1.29, 1.82) is 0 Å². The SMILES string of the molecule is O=C(c1cccc(F)c1-c1ncccn1)C1NCC2CN(c3cnc4cc(F)c(F)cc4n3)CC21. The summed E-state index contributed by atoms with van der Waals surface area (Å²) >= 11 is 0. The second kappa shape index (κ2) is 8.38. The summed E-state index contributed by atoms with van der Waals surface area (Å²) in [6.45, 7) is 1.76. The number of fused-ring (bicyclic) bond motifs is 2. The van der Waals surface area contributed by atoms with E-state index in [0.29, 0.717) is 25.5 Å². The summed E-state index contributed by atoms with van der Waals surface area (Å²) in [7, 11) is 0. The molecule has 7 nitrogen and oxygen atoms in total. The Hall–Kier alpha value is -3.92. The Morgan fingerprint density at radius 1 is 0.943 bits per heavy atom. The zero-order chi connectivity index (χ0) is 24.1. The highest BCUT2D eigenvalue weighted by molar-refractivity contribution is 6.05. The van der Waals surface area contributed by atoms with Crippen LogP contribution in [0, 0.1) is 29.3 Å². The smallest absolute Gasteiger partial charge is 0.180 e. The second-order valence-corrected chi connectivity index (χ2v) is 8.80. The third-order valence-electron chi connectivity index (χ3n) is 6.77. The molecule has 10 heteroatoms. The number of carbonyl (C=O) groups is 1. The number of hydrogen-bond acceptors (Lipinski definition) is 7. The monoisotopic (exact) mass is 476 g/mol. The highest BCUT2D eigenvalue weighted by Crippen LogP contribution is 2.36. The number of nitrogens with zero attached hydrogens (tertiary/aromatic N) is 5. The van der Waals surface area contributed by atoms with Crippen LogP contribution in [0.2, 0.25) is 0 Å². The molecule has 4 heterocycles. The number of nitrogens with one attached hydrogen (secondary N) is 1. The van der Waals surface area contributed by atoms with Gasteiger partial charge in [-0.15, -0.1) is 0 Å². The Labute approximate surface area is 198 Å². The number of rotatable bonds is 4. The molecule has 0 radical (unpaired) electrons. The largest absolute Gasteiger partial charge is 0.355 e. The summed E-state index contributed by atoms with van der Waals surface area (Å²) in [4.78, 5) is 32.6. The molecule has 0 saturated carbocycles. The van der Waals surface area contributed by atoms with E-state index in [1.54, 1.807) is 12.1 Å². The Balaban J connectivity index is 1.28. The molecule has 2 aliphatic heterocycles. The molecule has 0 aliphatic carbocycles. The second-order valence-electron chi connectivity index (χ2n) is 8.80. The van der Waals surface area contributed by atoms with Crippen LogP contribution in [0.1, 0.15) is 10.4 Å². The van der Waals surface area contributed by atoms with Gasteiger partial charge in [0.15, 0.2) is 23.2 Å². The number of ketones is 1. The number of benzene rings is 2. The maximum Gasteiger partial charge on any atom is 0.180 e. The van der Waals surface area contributed by atoms with Gasteiger partial charge in [-0.2, -0.15) is 0 Å². The van der Waals surface area contributed by atoms with Crippen LogP contribution in [0.3, 0.4) is 0 Å². The van der Waals surface area contributed by atoms with Crippen molar-refractivity contribution in [2.45, 2.75) is 6.04 Å². The van der Waals surface area contributed by atoms with E-state index in [0.717, 1.165) is 12.1 Å². The van der Waals surface area contributed by atoms with Crippen molar-refractivity contribution in [3.63, 3.8) is 0 Å². The first-order valence-corrected chi connectivity index (χ1v) is 11.2. The van der Waals surface area contributed by atoms with Crippen LogP contribution in [0.25, 0.3) is 22.4 Å². The molecule has 2 fully saturated rings. The maximum atomic E-state index is 14.8. The fraction of sp³-hybridized carbons (Fsp3) is 0.240. The lowest BCUT2D eigenvalue weighted by atomic mass is 9.88. The molecule has 176 valence electrons. The van der Waals surface area contributed by atoms with Gasteiger partial charge in [0.05, 0.1) is 28.8 Å². The predicted octanol–water partition coefficient (Wildman–Crippen LogP) is 3.41. The molecule has 3 unspecified atom stereocenters. The minimum atomic E-state index is -0.981. The molecule has 2 aromatic heterocycles. The number of anilines is 1. The lowest BCUT2D eigenvalue weighted by Crippen LogP contribution is -2.39. The van der Waals surface area contributed by atoms with Gasteiger partial charge in [-0.1, -0.05) is 12.1 Å². The van der Waals surface area contributed by atoms with E-state index in [-0.39, 0.29) is 45.6 Å². The normalized spacial score (nSPS) is 21.5. The summed E-state index contributed by atoms with van der Waals surface area (Å²) in [5.74, 6) is -1.91. The van der Waals surface area contributed by atoms with Crippen molar-refractivity contribution < 1.29 is 18.0 Å². The highest BCUT2D eigenvalue weighted by atomic mass is 19.2. The van der Waals surface area contributed by atoms with Gasteiger partial charge < -0.3 is 10.2 Å². The number of halogens is 3. The van der Waals surface area contributed by atoms with Crippen molar-refractivity contribution in [3.8, 4) is 11.4 Å². The first-order valence-electron chi connectivity index (χ1n) is 11.2. The average Bonchev–Trinajstić information content (AvgIpc) is 3.46. The third kappa shape index (κ3) is 3.70. The van der Waals surface area contributed by atoms with Gasteiger partial charge >= 0.3 is 0 Å². The molecule has 0 spiro atoms. The molecule has 0 bridgehead atoms. The zero-order valence-corrected chi connectivity index (χ0v) is 18.3. The van der Waals surface area contributed by atoms with Crippen molar-refractivity contribution in [3.05, 3.63) is 78.0 Å². The quantitative estimate of drug-likeness (QED) is 0.452. The summed E-state index contributed by atoms with van der Waals surface area (Å²) in [6, 6.07) is 7.56. The van der Waals surface area contributed by atoms with E-state index < -0.39 is 23.5 Å². The summed E-state index contributed by atoms with van der Waals surface area (Å²) < 4.78 is 42.0. The lowest BCUT2D eigenvalue weighted by molar-refractivity contribution is 0.0931. The molecular formula is C25H19F3N6O. The molecule has 4 aromatic rings. The minimum Gasteiger partial charge on any atom is -0.355 e. The van der Waals surface area contributed by atoms with E-state index in [9.17, 15) is 18.0 Å². The third-order valence-corrected chi connectivity index (χ3v) is 6.77. The van der Waals surface area contributed by atoms with Crippen molar-refractivity contribution in [2.75, 3.05) is 24.5 Å². The van der Waals surface area contributed by atoms with Crippen LogP contribution < -0.4 is 10.2 Å². The van der Waals surface area contributed by atoms with E-state index in [1.807, 2.05) is 4.90 Å². The van der Waals surface area contributed by atoms with Crippen LogP contribution >= 0.6 is 0 Å². The number of carbonyl (C=O) groups excluding carboxylic acids is 1. The number of aromatic nitrogens is 4. The average molecular weight is 476 g/mol. The van der Waals surface area contributed by atoms with Crippen LogP contribution in [0.5, 0.6) is 0 Å². The van der Waals surface area contributed by atoms with Gasteiger partial charge in [-0.3, -0.25) is 9.78 Å². The first-order chi connectivity index (χ1) is 17.0. The zero-order valence-electron chi connectivity index (χ0n) is 18.3. The topological polar surface area (TPSA) is 83.9 Å². The number of Topliss-reactive ketones (excluding diaryl/α,β-unsaturated/α-hetero) is 1. The maximum absolute atomic E-state index is 14.8. The molecule has 35 heavy (non-hydrogen) atoms. The van der Waals surface area contributed by atoms with Crippen LogP contribution in [0.4, 0.5) is 19.0 Å². The van der Waals surface area contributed by atoms with E-state index in [2.05, 4.69) is 25.3 Å². The van der Waals surface area contributed by atoms with E-state index >= 15 is 0 Å². The summed E-state index contributed by atoms with van der Waals surface area (Å²) in [6.07, 6.45) is 4.54. The molecule has 2 aliphatic rings. The molecule has 2 saturated heterocycles. The fourth-order valence-corrected chi connectivity index (χ4v) is 5.10. The van der Waals surface area contributed by atoms with Crippen LogP contribution in [-0.4, -0.2) is 51.4 Å². The summed E-state index contributed by atoms with van der Waals surface area (Å²) in [5.41, 5.74) is 0.851. The Kier molecular flexibility index (Phi) is 5.18. The van der Waals surface area contributed by atoms with E-state index in [1.165, 1.54) is 30.7 Å². The molecular weight excluding hydrogens is 457 g/mol. The van der Waals surface area contributed by atoms with Crippen LogP contribution in [-0.2, 0) is 0 Å².